The van der Waals surface area contributed by atoms with Crippen LogP contribution in [0.25, 0.3) is 6.08 Å². The summed E-state index contributed by atoms with van der Waals surface area (Å²) in [5.74, 6) is 0. The second kappa shape index (κ2) is 6.28. The van der Waals surface area contributed by atoms with Crippen molar-refractivity contribution in [2.45, 2.75) is 19.4 Å². The maximum atomic E-state index is 5.44. The van der Waals surface area contributed by atoms with Gasteiger partial charge in [0.15, 0.2) is 0 Å². The minimum absolute atomic E-state index is 0.445. The highest BCUT2D eigenvalue weighted by atomic mass is 79.9. The highest BCUT2D eigenvalue weighted by Gasteiger charge is 2.12. The molecule has 0 bridgehead atoms. The maximum absolute atomic E-state index is 5.44. The van der Waals surface area contributed by atoms with Gasteiger partial charge in [-0.2, -0.15) is 0 Å². The monoisotopic (exact) mass is 296 g/mol. The summed E-state index contributed by atoms with van der Waals surface area (Å²) < 4.78 is 6.45. The zero-order valence-electron chi connectivity index (χ0n) is 9.95. The summed E-state index contributed by atoms with van der Waals surface area (Å²) in [5.41, 5.74) is 2.47. The molecule has 0 amide bonds. The molecule has 1 aliphatic rings. The van der Waals surface area contributed by atoms with Crippen LogP contribution in [0.3, 0.4) is 0 Å². The highest BCUT2D eigenvalue weighted by molar-refractivity contribution is 9.10. The van der Waals surface area contributed by atoms with Crippen LogP contribution in [0.4, 0.5) is 0 Å². The lowest BCUT2D eigenvalue weighted by molar-refractivity contribution is 0.0771. The highest BCUT2D eigenvalue weighted by Crippen LogP contribution is 2.15. The van der Waals surface area contributed by atoms with Crippen LogP contribution in [0.2, 0.25) is 0 Å². The van der Waals surface area contributed by atoms with Gasteiger partial charge >= 0.3 is 0 Å². The molecule has 1 saturated heterocycles. The summed E-state index contributed by atoms with van der Waals surface area (Å²) in [6.45, 7) is 4.74. The van der Waals surface area contributed by atoms with E-state index < -0.39 is 0 Å². The number of hydrogen-bond donors (Lipinski definition) is 1. The summed E-state index contributed by atoms with van der Waals surface area (Å²) in [7, 11) is 0. The van der Waals surface area contributed by atoms with Gasteiger partial charge in [0.25, 0.3) is 0 Å². The van der Waals surface area contributed by atoms with Crippen LogP contribution in [0.5, 0.6) is 0 Å². The first-order valence-corrected chi connectivity index (χ1v) is 6.62. The Balaban J connectivity index is 1.96. The Morgan fingerprint density at radius 1 is 1.65 bits per heavy atom. The van der Waals surface area contributed by atoms with Crippen molar-refractivity contribution in [3.8, 4) is 0 Å². The van der Waals surface area contributed by atoms with Crippen LogP contribution in [-0.2, 0) is 4.74 Å². The van der Waals surface area contributed by atoms with Crippen LogP contribution < -0.4 is 5.32 Å². The van der Waals surface area contributed by atoms with Gasteiger partial charge in [-0.3, -0.25) is 4.98 Å². The lowest BCUT2D eigenvalue weighted by atomic mass is 10.1. The van der Waals surface area contributed by atoms with Crippen molar-refractivity contribution in [2.75, 3.05) is 19.8 Å². The van der Waals surface area contributed by atoms with Crippen LogP contribution >= 0.6 is 15.9 Å². The number of nitrogens with one attached hydrogen (secondary N) is 1. The van der Waals surface area contributed by atoms with Gasteiger partial charge in [-0.1, -0.05) is 11.6 Å². The molecule has 1 aromatic heterocycles. The van der Waals surface area contributed by atoms with Crippen molar-refractivity contribution in [1.29, 1.82) is 0 Å². The molecule has 1 atom stereocenters. The second-order valence-corrected chi connectivity index (χ2v) is 5.27. The summed E-state index contributed by atoms with van der Waals surface area (Å²) >= 11 is 3.43. The average Bonchev–Trinajstić information content (AvgIpc) is 2.30. The van der Waals surface area contributed by atoms with Crippen molar-refractivity contribution in [2.24, 2.45) is 0 Å². The molecule has 0 saturated carbocycles. The van der Waals surface area contributed by atoms with Gasteiger partial charge in [0.2, 0.25) is 0 Å². The molecular formula is C13H17BrN2O. The molecule has 0 aliphatic carbocycles. The molecule has 0 aromatic carbocycles. The first kappa shape index (κ1) is 12.7. The molecule has 1 unspecified atom stereocenters. The van der Waals surface area contributed by atoms with Gasteiger partial charge in [-0.15, -0.1) is 0 Å². The fourth-order valence-corrected chi connectivity index (χ4v) is 2.37. The summed E-state index contributed by atoms with van der Waals surface area (Å²) in [4.78, 5) is 4.15. The first-order chi connectivity index (χ1) is 8.24. The van der Waals surface area contributed by atoms with Gasteiger partial charge in [-0.05, 0) is 40.9 Å². The predicted molar refractivity (Wildman–Crippen MR) is 72.8 cm³/mol. The molecule has 2 heterocycles. The number of morpholine rings is 1. The topological polar surface area (TPSA) is 34.1 Å². The van der Waals surface area contributed by atoms with Gasteiger partial charge < -0.3 is 10.1 Å². The lowest BCUT2D eigenvalue weighted by Gasteiger charge is -2.24. The van der Waals surface area contributed by atoms with E-state index in [1.165, 1.54) is 5.57 Å². The Morgan fingerprint density at radius 2 is 2.53 bits per heavy atom. The molecule has 4 heteroatoms. The van der Waals surface area contributed by atoms with E-state index in [1.807, 2.05) is 6.20 Å². The van der Waals surface area contributed by atoms with E-state index in [9.17, 15) is 0 Å². The molecule has 2 rings (SSSR count). The molecule has 0 spiro atoms. The van der Waals surface area contributed by atoms with E-state index >= 15 is 0 Å². The van der Waals surface area contributed by atoms with Crippen LogP contribution in [0.1, 0.15) is 18.9 Å². The smallest absolute Gasteiger partial charge is 0.0623 e. The van der Waals surface area contributed by atoms with E-state index in [2.05, 4.69) is 45.3 Å². The van der Waals surface area contributed by atoms with Crippen molar-refractivity contribution < 1.29 is 4.74 Å². The van der Waals surface area contributed by atoms with E-state index in [-0.39, 0.29) is 0 Å². The van der Waals surface area contributed by atoms with Gasteiger partial charge in [-0.25, -0.2) is 0 Å². The van der Waals surface area contributed by atoms with Crippen molar-refractivity contribution >= 4 is 22.0 Å². The normalized spacial score (nSPS) is 21.5. The standard InChI is InChI=1S/C13H17BrN2O/c1-10(5-13-9-17-3-2-16-13)4-11-6-12(14)8-15-7-11/h4,6-8,13,16H,2-3,5,9H2,1H3/b10-4-. The predicted octanol–water partition coefficient (Wildman–Crippen LogP) is 2.63. The minimum Gasteiger partial charge on any atom is -0.379 e. The number of halogens is 1. The summed E-state index contributed by atoms with van der Waals surface area (Å²) in [5, 5.41) is 3.46. The second-order valence-electron chi connectivity index (χ2n) is 4.36. The molecule has 1 aromatic rings. The zero-order chi connectivity index (χ0) is 12.1. The van der Waals surface area contributed by atoms with Crippen LogP contribution in [-0.4, -0.2) is 30.8 Å². The van der Waals surface area contributed by atoms with Gasteiger partial charge in [0, 0.05) is 29.5 Å². The molecule has 3 nitrogen and oxygen atoms in total. The largest absolute Gasteiger partial charge is 0.379 e. The molecule has 1 fully saturated rings. The Morgan fingerprint density at radius 3 is 3.24 bits per heavy atom. The van der Waals surface area contributed by atoms with E-state index in [0.717, 1.165) is 36.2 Å². The van der Waals surface area contributed by atoms with Crippen molar-refractivity contribution in [3.05, 3.63) is 34.1 Å². The summed E-state index contributed by atoms with van der Waals surface area (Å²) in [6.07, 6.45) is 6.86. The van der Waals surface area contributed by atoms with Gasteiger partial charge in [0.1, 0.15) is 0 Å². The van der Waals surface area contributed by atoms with E-state index in [1.54, 1.807) is 6.20 Å². The molecule has 0 radical (unpaired) electrons. The fourth-order valence-electron chi connectivity index (χ4n) is 1.99. The average molecular weight is 297 g/mol. The third kappa shape index (κ3) is 4.22. The van der Waals surface area contributed by atoms with E-state index in [0.29, 0.717) is 6.04 Å². The number of ether oxygens (including phenoxy) is 1. The van der Waals surface area contributed by atoms with Crippen LogP contribution in [0, 0.1) is 0 Å². The van der Waals surface area contributed by atoms with E-state index in [4.69, 9.17) is 4.74 Å². The third-order valence-electron chi connectivity index (χ3n) is 2.71. The Labute approximate surface area is 110 Å². The molecular weight excluding hydrogens is 280 g/mol. The SMILES string of the molecule is C/C(=C/c1cncc(Br)c1)CC1COCCN1. The Bertz CT molecular complexity index is 400. The number of rotatable bonds is 3. The zero-order valence-corrected chi connectivity index (χ0v) is 11.5. The molecule has 1 N–H and O–H groups in total. The van der Waals surface area contributed by atoms with Crippen molar-refractivity contribution in [1.82, 2.24) is 10.3 Å². The number of aromatic nitrogens is 1. The lowest BCUT2D eigenvalue weighted by Crippen LogP contribution is -2.41. The third-order valence-corrected chi connectivity index (χ3v) is 3.14. The molecule has 92 valence electrons. The summed E-state index contributed by atoms with van der Waals surface area (Å²) in [6, 6.07) is 2.52. The molecule has 1 aliphatic heterocycles. The van der Waals surface area contributed by atoms with Crippen molar-refractivity contribution in [3.63, 3.8) is 0 Å². The first-order valence-electron chi connectivity index (χ1n) is 5.83. The van der Waals surface area contributed by atoms with Crippen LogP contribution in [0.15, 0.2) is 28.5 Å². The van der Waals surface area contributed by atoms with Gasteiger partial charge in [0.05, 0.1) is 13.2 Å². The number of nitrogens with zero attached hydrogens (tertiary/aromatic N) is 1. The Hall–Kier alpha value is -0.710. The number of hydrogen-bond acceptors (Lipinski definition) is 3. The quantitative estimate of drug-likeness (QED) is 0.931. The molecule has 17 heavy (non-hydrogen) atoms. The fraction of sp³-hybridized carbons (Fsp3) is 0.462. The Kier molecular flexibility index (Phi) is 4.71. The minimum atomic E-state index is 0.445. The maximum Gasteiger partial charge on any atom is 0.0623 e. The number of pyridine rings is 1.